The minimum absolute atomic E-state index is 0.0248. The fraction of sp³-hybridized carbons (Fsp3) is 0.667. The maximum atomic E-state index is 10.9. The molecule has 0 aliphatic rings. The molecule has 0 atom stereocenters. The highest BCUT2D eigenvalue weighted by Gasteiger charge is 2.13. The summed E-state index contributed by atoms with van der Waals surface area (Å²) >= 11 is 0. The van der Waals surface area contributed by atoms with Crippen molar-refractivity contribution in [2.24, 2.45) is 0 Å². The quantitative estimate of drug-likeness (QED) is 0.648. The van der Waals surface area contributed by atoms with E-state index in [2.05, 4.69) is 10.3 Å². The van der Waals surface area contributed by atoms with Crippen molar-refractivity contribution in [3.8, 4) is 0 Å². The van der Waals surface area contributed by atoms with Gasteiger partial charge in [-0.25, -0.2) is 9.78 Å². The molecule has 0 aromatic carbocycles. The monoisotopic (exact) mass is 371 g/mol. The van der Waals surface area contributed by atoms with Crippen LogP contribution in [-0.4, -0.2) is 52.7 Å². The van der Waals surface area contributed by atoms with E-state index in [4.69, 9.17) is 9.47 Å². The Balaban J connectivity index is 0. The Morgan fingerprint density at radius 3 is 1.96 bits per heavy atom. The highest BCUT2D eigenvalue weighted by atomic mass is 16.6. The largest absolute Gasteiger partial charge is 0.460 e. The number of aldehydes is 1. The number of carbonyl (C=O) groups excluding carboxylic acids is 3. The zero-order valence-corrected chi connectivity index (χ0v) is 17.2. The van der Waals surface area contributed by atoms with Gasteiger partial charge in [-0.1, -0.05) is 6.92 Å². The van der Waals surface area contributed by atoms with Crippen molar-refractivity contribution in [1.29, 1.82) is 0 Å². The summed E-state index contributed by atoms with van der Waals surface area (Å²) in [5.41, 5.74) is -0.285. The lowest BCUT2D eigenvalue weighted by molar-refractivity contribution is -0.154. The molecule has 1 aromatic rings. The van der Waals surface area contributed by atoms with Gasteiger partial charge in [0.05, 0.1) is 12.1 Å². The second kappa shape index (κ2) is 13.0. The number of carbonyl (C=O) groups is 3. The Labute approximate surface area is 156 Å². The Kier molecular flexibility index (Phi) is 13.1. The van der Waals surface area contributed by atoms with Gasteiger partial charge in [-0.05, 0) is 41.5 Å². The van der Waals surface area contributed by atoms with Crippen LogP contribution in [0.1, 0.15) is 54.9 Å². The predicted octanol–water partition coefficient (Wildman–Crippen LogP) is 2.81. The summed E-state index contributed by atoms with van der Waals surface area (Å²) in [5.74, 6) is -0.137. The van der Waals surface area contributed by atoms with Crippen LogP contribution in [0.15, 0.2) is 18.7 Å². The van der Waals surface area contributed by atoms with Crippen LogP contribution in [0.2, 0.25) is 0 Å². The Bertz CT molecular complexity index is 514. The average molecular weight is 371 g/mol. The van der Waals surface area contributed by atoms with Gasteiger partial charge in [0, 0.05) is 25.9 Å². The topological polar surface area (TPSA) is 99.5 Å². The summed E-state index contributed by atoms with van der Waals surface area (Å²) in [5, 5.41) is 2.35. The van der Waals surface area contributed by atoms with Crippen LogP contribution in [-0.2, 0) is 19.1 Å². The summed E-state index contributed by atoms with van der Waals surface area (Å²) in [4.78, 5) is 35.0. The van der Waals surface area contributed by atoms with Gasteiger partial charge < -0.3 is 19.6 Å². The lowest BCUT2D eigenvalue weighted by atomic mass is 10.2. The first-order chi connectivity index (χ1) is 11.9. The fourth-order valence-electron chi connectivity index (χ4n) is 1.01. The summed E-state index contributed by atoms with van der Waals surface area (Å²) in [7, 11) is 1.71. The summed E-state index contributed by atoms with van der Waals surface area (Å²) < 4.78 is 11.1. The molecule has 8 heteroatoms. The van der Waals surface area contributed by atoms with Gasteiger partial charge in [0.2, 0.25) is 0 Å². The second-order valence-electron chi connectivity index (χ2n) is 7.08. The van der Waals surface area contributed by atoms with E-state index in [-0.39, 0.29) is 29.7 Å². The highest BCUT2D eigenvalue weighted by molar-refractivity contribution is 5.78. The predicted molar refractivity (Wildman–Crippen MR) is 100.0 cm³/mol. The van der Waals surface area contributed by atoms with Crippen molar-refractivity contribution < 1.29 is 23.9 Å². The molecule has 0 fully saturated rings. The first-order valence-corrected chi connectivity index (χ1v) is 8.33. The third kappa shape index (κ3) is 18.1. The van der Waals surface area contributed by atoms with E-state index >= 15 is 0 Å². The van der Waals surface area contributed by atoms with E-state index < -0.39 is 0 Å². The molecule has 0 bridgehead atoms. The Morgan fingerprint density at radius 1 is 1.15 bits per heavy atom. The number of hydrogen-bond donors (Lipinski definition) is 1. The first kappa shape index (κ1) is 26.0. The SMILES string of the molecule is CCC(=O)OC(C)(C)C.COC(C)(C)C.O=CCNC(=O)n1ccnc1. The zero-order valence-electron chi connectivity index (χ0n) is 17.2. The van der Waals surface area contributed by atoms with Crippen LogP contribution in [0.3, 0.4) is 0 Å². The highest BCUT2D eigenvalue weighted by Crippen LogP contribution is 2.07. The minimum atomic E-state index is -0.352. The molecule has 0 spiro atoms. The molecule has 0 aliphatic heterocycles. The molecule has 1 heterocycles. The third-order valence-electron chi connectivity index (χ3n) is 2.40. The van der Waals surface area contributed by atoms with Gasteiger partial charge in [-0.2, -0.15) is 0 Å². The number of imidazole rings is 1. The van der Waals surface area contributed by atoms with Crippen molar-refractivity contribution >= 4 is 18.3 Å². The molecule has 150 valence electrons. The number of rotatable bonds is 3. The maximum absolute atomic E-state index is 10.9. The lowest BCUT2D eigenvalue weighted by Crippen LogP contribution is -2.28. The number of nitrogens with zero attached hydrogens (tertiary/aromatic N) is 2. The first-order valence-electron chi connectivity index (χ1n) is 8.33. The average Bonchev–Trinajstić information content (AvgIpc) is 3.06. The van der Waals surface area contributed by atoms with E-state index in [0.717, 1.165) is 0 Å². The van der Waals surface area contributed by atoms with Gasteiger partial charge in [0.1, 0.15) is 18.2 Å². The zero-order chi connectivity index (χ0) is 20.8. The van der Waals surface area contributed by atoms with E-state index in [0.29, 0.717) is 12.7 Å². The van der Waals surface area contributed by atoms with E-state index in [1.165, 1.54) is 23.3 Å². The van der Waals surface area contributed by atoms with Gasteiger partial charge >= 0.3 is 12.0 Å². The van der Waals surface area contributed by atoms with Crippen LogP contribution < -0.4 is 5.32 Å². The van der Waals surface area contributed by atoms with Crippen LogP contribution >= 0.6 is 0 Å². The van der Waals surface area contributed by atoms with Crippen molar-refractivity contribution in [3.63, 3.8) is 0 Å². The summed E-state index contributed by atoms with van der Waals surface area (Å²) in [6.07, 6.45) is 5.42. The smallest absolute Gasteiger partial charge is 0.327 e. The minimum Gasteiger partial charge on any atom is -0.460 e. The van der Waals surface area contributed by atoms with Gasteiger partial charge in [0.15, 0.2) is 0 Å². The molecular weight excluding hydrogens is 338 g/mol. The number of nitrogens with one attached hydrogen (secondary N) is 1. The molecule has 0 saturated heterocycles. The van der Waals surface area contributed by atoms with Gasteiger partial charge in [0.25, 0.3) is 0 Å². The molecule has 0 saturated carbocycles. The number of aromatic nitrogens is 2. The normalized spacial score (nSPS) is 10.5. The van der Waals surface area contributed by atoms with Gasteiger partial charge in [-0.3, -0.25) is 9.36 Å². The fourth-order valence-corrected chi connectivity index (χ4v) is 1.01. The van der Waals surface area contributed by atoms with Crippen LogP contribution in [0.25, 0.3) is 0 Å². The molecule has 0 unspecified atom stereocenters. The molecule has 1 N–H and O–H groups in total. The molecule has 26 heavy (non-hydrogen) atoms. The van der Waals surface area contributed by atoms with Crippen LogP contribution in [0.4, 0.5) is 4.79 Å². The molecule has 1 rings (SSSR count). The van der Waals surface area contributed by atoms with E-state index in [1.54, 1.807) is 14.0 Å². The summed E-state index contributed by atoms with van der Waals surface area (Å²) in [6, 6.07) is -0.352. The van der Waals surface area contributed by atoms with Gasteiger partial charge in [-0.15, -0.1) is 0 Å². The van der Waals surface area contributed by atoms with Crippen molar-refractivity contribution in [3.05, 3.63) is 18.7 Å². The maximum Gasteiger partial charge on any atom is 0.327 e. The molecular formula is C18H33N3O5. The van der Waals surface area contributed by atoms with Crippen LogP contribution in [0, 0.1) is 0 Å². The van der Waals surface area contributed by atoms with Crippen molar-refractivity contribution in [2.45, 2.75) is 66.1 Å². The lowest BCUT2D eigenvalue weighted by Gasteiger charge is -2.18. The van der Waals surface area contributed by atoms with Crippen molar-refractivity contribution in [1.82, 2.24) is 14.9 Å². The van der Waals surface area contributed by atoms with E-state index in [1.807, 2.05) is 41.5 Å². The molecule has 0 radical (unpaired) electrons. The second-order valence-corrected chi connectivity index (χ2v) is 7.08. The Hall–Kier alpha value is -2.22. The number of methoxy groups -OCH3 is 1. The molecule has 0 aliphatic carbocycles. The van der Waals surface area contributed by atoms with Crippen LogP contribution in [0.5, 0.6) is 0 Å². The number of esters is 1. The number of hydrogen-bond acceptors (Lipinski definition) is 6. The Morgan fingerprint density at radius 2 is 1.69 bits per heavy atom. The number of ether oxygens (including phenoxy) is 2. The standard InChI is InChI=1S/C7H14O2.C6H7N3O2.C5H12O/c1-5-6(8)9-7(2,3)4;10-4-2-8-6(11)9-3-1-7-5-9;1-5(2,3)6-4/h5H2,1-4H3;1,3-5H,2H2,(H,8,11);1-4H3. The molecule has 1 aromatic heterocycles. The van der Waals surface area contributed by atoms with Crippen molar-refractivity contribution in [2.75, 3.05) is 13.7 Å². The number of amides is 1. The molecule has 1 amide bonds. The summed E-state index contributed by atoms with van der Waals surface area (Å²) in [6.45, 7) is 13.5. The molecule has 8 nitrogen and oxygen atoms in total. The van der Waals surface area contributed by atoms with E-state index in [9.17, 15) is 14.4 Å². The third-order valence-corrected chi connectivity index (χ3v) is 2.40.